The molecule has 140 valence electrons. The number of likely N-dealkylation sites (N-methyl/N-ethyl adjacent to an activating group) is 1. The third-order valence-electron chi connectivity index (χ3n) is 3.15. The lowest BCUT2D eigenvalue weighted by molar-refractivity contribution is 0.180. The first-order valence-electron chi connectivity index (χ1n) is 7.90. The van der Waals surface area contributed by atoms with Crippen LogP contribution in [0.2, 0.25) is 0 Å². The zero-order valence-electron chi connectivity index (χ0n) is 14.8. The normalized spacial score (nSPS) is 11.4. The third kappa shape index (κ3) is 12.3. The highest BCUT2D eigenvalue weighted by atomic mass is 127. The second-order valence-electron chi connectivity index (χ2n) is 5.08. The van der Waals surface area contributed by atoms with E-state index in [0.29, 0.717) is 0 Å². The molecule has 0 fully saturated rings. The highest BCUT2D eigenvalue weighted by molar-refractivity contribution is 14.0. The highest BCUT2D eigenvalue weighted by Crippen LogP contribution is 2.20. The van der Waals surface area contributed by atoms with E-state index in [-0.39, 0.29) is 24.0 Å². The smallest absolute Gasteiger partial charge is 0.191 e. The van der Waals surface area contributed by atoms with E-state index in [1.807, 2.05) is 30.4 Å². The topological polar surface area (TPSA) is 61.8 Å². The van der Waals surface area contributed by atoms with Crippen LogP contribution in [0.5, 0.6) is 0 Å². The Kier molecular flexibility index (Phi) is 16.3. The first-order valence-corrected chi connectivity index (χ1v) is 9.77. The third-order valence-corrected chi connectivity index (χ3v) is 5.20. The Morgan fingerprint density at radius 3 is 2.79 bits per heavy atom. The molecule has 0 bridgehead atoms. The van der Waals surface area contributed by atoms with Crippen molar-refractivity contribution in [1.29, 1.82) is 0 Å². The first kappa shape index (κ1) is 23.9. The van der Waals surface area contributed by atoms with Crippen LogP contribution in [0, 0.1) is 0 Å². The van der Waals surface area contributed by atoms with E-state index in [4.69, 9.17) is 4.74 Å². The molecule has 0 amide bonds. The number of hydrogen-bond donors (Lipinski definition) is 2. The van der Waals surface area contributed by atoms with Crippen molar-refractivity contribution in [3.8, 4) is 0 Å². The predicted octanol–water partition coefficient (Wildman–Crippen LogP) is 2.38. The van der Waals surface area contributed by atoms with E-state index >= 15 is 0 Å². The van der Waals surface area contributed by atoms with Crippen molar-refractivity contribution in [2.75, 3.05) is 59.7 Å². The summed E-state index contributed by atoms with van der Waals surface area (Å²) in [5.41, 5.74) is 0. The Balaban J connectivity index is 0.00000529. The number of aromatic nitrogens is 1. The lowest BCUT2D eigenvalue weighted by Gasteiger charge is -2.18. The van der Waals surface area contributed by atoms with Crippen LogP contribution in [0.25, 0.3) is 0 Å². The molecule has 0 aliphatic rings. The minimum Gasteiger partial charge on any atom is -0.385 e. The van der Waals surface area contributed by atoms with Crippen molar-refractivity contribution in [2.45, 2.75) is 17.2 Å². The zero-order valence-corrected chi connectivity index (χ0v) is 18.7. The number of nitrogens with zero attached hydrogens (tertiary/aromatic N) is 3. The van der Waals surface area contributed by atoms with E-state index < -0.39 is 0 Å². The van der Waals surface area contributed by atoms with Crippen molar-refractivity contribution in [1.82, 2.24) is 20.5 Å². The van der Waals surface area contributed by atoms with Crippen LogP contribution < -0.4 is 10.6 Å². The maximum absolute atomic E-state index is 5.06. The van der Waals surface area contributed by atoms with Crippen molar-refractivity contribution in [2.24, 2.45) is 4.99 Å². The molecule has 9 heteroatoms. The fourth-order valence-electron chi connectivity index (χ4n) is 1.90. The van der Waals surface area contributed by atoms with Gasteiger partial charge in [-0.1, -0.05) is 11.8 Å². The lowest BCUT2D eigenvalue weighted by atomic mass is 10.4. The standard InChI is InChI=1S/C15H29N5OS2.HI/c1-16-14(18-7-10-20(2)9-5-11-21-3)17-6-4-12-22-15-19-8-13-23-15;/h8,13H,4-7,9-12H2,1-3H3,(H2,16,17,18);1H. The molecule has 0 aliphatic heterocycles. The van der Waals surface area contributed by atoms with Crippen molar-refractivity contribution in [3.63, 3.8) is 0 Å². The largest absolute Gasteiger partial charge is 0.385 e. The van der Waals surface area contributed by atoms with Gasteiger partial charge in [0.15, 0.2) is 5.96 Å². The van der Waals surface area contributed by atoms with Crippen LogP contribution in [0.15, 0.2) is 20.9 Å². The summed E-state index contributed by atoms with van der Waals surface area (Å²) < 4.78 is 6.21. The number of ether oxygens (including phenoxy) is 1. The fourth-order valence-corrected chi connectivity index (χ4v) is 3.54. The zero-order chi connectivity index (χ0) is 16.8. The monoisotopic (exact) mass is 487 g/mol. The van der Waals surface area contributed by atoms with E-state index in [2.05, 4.69) is 32.6 Å². The molecule has 1 heterocycles. The molecule has 0 aromatic carbocycles. The summed E-state index contributed by atoms with van der Waals surface area (Å²) in [4.78, 5) is 10.8. The second kappa shape index (κ2) is 16.4. The van der Waals surface area contributed by atoms with Gasteiger partial charge in [-0.05, 0) is 19.9 Å². The summed E-state index contributed by atoms with van der Waals surface area (Å²) in [6.07, 6.45) is 4.00. The first-order chi connectivity index (χ1) is 11.3. The van der Waals surface area contributed by atoms with Crippen LogP contribution in [0.1, 0.15) is 12.8 Å². The Bertz CT molecular complexity index is 420. The summed E-state index contributed by atoms with van der Waals surface area (Å²) in [5.74, 6) is 1.94. The fraction of sp³-hybridized carbons (Fsp3) is 0.733. The average Bonchev–Trinajstić information content (AvgIpc) is 3.06. The van der Waals surface area contributed by atoms with E-state index in [1.165, 1.54) is 0 Å². The molecule has 1 aromatic heterocycles. The van der Waals surface area contributed by atoms with Gasteiger partial charge < -0.3 is 20.3 Å². The minimum atomic E-state index is 0. The van der Waals surface area contributed by atoms with Gasteiger partial charge in [0.2, 0.25) is 0 Å². The maximum atomic E-state index is 5.06. The number of thiazole rings is 1. The molecule has 0 atom stereocenters. The molecule has 2 N–H and O–H groups in total. The Morgan fingerprint density at radius 1 is 1.33 bits per heavy atom. The van der Waals surface area contributed by atoms with Gasteiger partial charge in [0.25, 0.3) is 0 Å². The van der Waals surface area contributed by atoms with Crippen molar-refractivity contribution >= 4 is 53.0 Å². The van der Waals surface area contributed by atoms with Crippen molar-refractivity contribution in [3.05, 3.63) is 11.6 Å². The predicted molar refractivity (Wildman–Crippen MR) is 116 cm³/mol. The second-order valence-corrected chi connectivity index (χ2v) is 7.31. The highest BCUT2D eigenvalue weighted by Gasteiger charge is 2.01. The summed E-state index contributed by atoms with van der Waals surface area (Å²) in [7, 11) is 5.68. The van der Waals surface area contributed by atoms with Gasteiger partial charge in [0.1, 0.15) is 4.34 Å². The molecular formula is C15H30IN5OS2. The van der Waals surface area contributed by atoms with E-state index in [0.717, 1.165) is 61.7 Å². The number of nitrogens with one attached hydrogen (secondary N) is 2. The van der Waals surface area contributed by atoms with Gasteiger partial charge in [0.05, 0.1) is 0 Å². The SMILES string of the molecule is CN=C(NCCCSc1nccs1)NCCN(C)CCCOC.I. The number of halogens is 1. The number of methoxy groups -OCH3 is 1. The maximum Gasteiger partial charge on any atom is 0.191 e. The Morgan fingerprint density at radius 2 is 2.12 bits per heavy atom. The van der Waals surface area contributed by atoms with Gasteiger partial charge in [-0.3, -0.25) is 4.99 Å². The summed E-state index contributed by atoms with van der Waals surface area (Å²) in [5, 5.41) is 8.70. The quantitative estimate of drug-likeness (QED) is 0.155. The minimum absolute atomic E-state index is 0. The van der Waals surface area contributed by atoms with Crippen molar-refractivity contribution < 1.29 is 4.74 Å². The van der Waals surface area contributed by atoms with Gasteiger partial charge >= 0.3 is 0 Å². The molecule has 1 rings (SSSR count). The molecule has 0 saturated heterocycles. The number of thioether (sulfide) groups is 1. The molecule has 0 unspecified atom stereocenters. The summed E-state index contributed by atoms with van der Waals surface area (Å²) >= 11 is 3.50. The Labute approximate surface area is 171 Å². The van der Waals surface area contributed by atoms with Gasteiger partial charge in [-0.15, -0.1) is 35.3 Å². The Hall–Kier alpha value is -0.100. The van der Waals surface area contributed by atoms with Crippen LogP contribution in [-0.2, 0) is 4.74 Å². The molecule has 0 aliphatic carbocycles. The molecule has 0 spiro atoms. The van der Waals surface area contributed by atoms with Gasteiger partial charge in [0, 0.05) is 64.3 Å². The molecule has 0 saturated carbocycles. The lowest BCUT2D eigenvalue weighted by Crippen LogP contribution is -2.41. The number of hydrogen-bond acceptors (Lipinski definition) is 6. The number of aliphatic imine (C=N–C) groups is 1. The van der Waals surface area contributed by atoms with Gasteiger partial charge in [-0.2, -0.15) is 0 Å². The van der Waals surface area contributed by atoms with Crippen LogP contribution >= 0.6 is 47.1 Å². The molecule has 6 nitrogen and oxygen atoms in total. The molecule has 1 aromatic rings. The van der Waals surface area contributed by atoms with E-state index in [1.54, 1.807) is 18.4 Å². The average molecular weight is 487 g/mol. The number of rotatable bonds is 12. The van der Waals surface area contributed by atoms with E-state index in [9.17, 15) is 0 Å². The van der Waals surface area contributed by atoms with Crippen LogP contribution in [-0.4, -0.2) is 75.6 Å². The molecule has 0 radical (unpaired) electrons. The summed E-state index contributed by atoms with van der Waals surface area (Å²) in [6.45, 7) is 4.67. The van der Waals surface area contributed by atoms with Gasteiger partial charge in [-0.25, -0.2) is 4.98 Å². The van der Waals surface area contributed by atoms with Crippen LogP contribution in [0.4, 0.5) is 0 Å². The summed E-state index contributed by atoms with van der Waals surface area (Å²) in [6, 6.07) is 0. The molecular weight excluding hydrogens is 457 g/mol. The van der Waals surface area contributed by atoms with Crippen LogP contribution in [0.3, 0.4) is 0 Å². The molecule has 24 heavy (non-hydrogen) atoms. The number of guanidine groups is 1.